The third-order valence-corrected chi connectivity index (χ3v) is 4.09. The minimum atomic E-state index is -0.382. The van der Waals surface area contributed by atoms with Crippen LogP contribution in [-0.2, 0) is 6.42 Å². The zero-order valence-corrected chi connectivity index (χ0v) is 11.9. The third-order valence-electron chi connectivity index (χ3n) is 4.09. The van der Waals surface area contributed by atoms with Crippen LogP contribution in [0.15, 0.2) is 36.4 Å². The van der Waals surface area contributed by atoms with Crippen molar-refractivity contribution in [1.82, 2.24) is 0 Å². The van der Waals surface area contributed by atoms with Crippen LogP contribution in [0.25, 0.3) is 11.1 Å². The van der Waals surface area contributed by atoms with Crippen LogP contribution in [-0.4, -0.2) is 10.7 Å². The van der Waals surface area contributed by atoms with E-state index < -0.39 is 0 Å². The lowest BCUT2D eigenvalue weighted by molar-refractivity contribution is -0.385. The van der Waals surface area contributed by atoms with Crippen molar-refractivity contribution >= 4 is 11.5 Å². The Bertz CT molecular complexity index is 765. The molecule has 1 aliphatic carbocycles. The number of hydrogen-bond acceptors (Lipinski definition) is 3. The fourth-order valence-electron chi connectivity index (χ4n) is 2.94. The zero-order chi connectivity index (χ0) is 15.1. The molecule has 1 atom stereocenters. The van der Waals surface area contributed by atoms with Crippen LogP contribution < -0.4 is 0 Å². The van der Waals surface area contributed by atoms with Crippen molar-refractivity contribution in [3.8, 4) is 11.1 Å². The van der Waals surface area contributed by atoms with Gasteiger partial charge in [-0.2, -0.15) is 0 Å². The maximum absolute atomic E-state index is 12.3. The number of fused-ring (bicyclic) bond motifs is 1. The number of nitro groups is 1. The van der Waals surface area contributed by atoms with Gasteiger partial charge in [0.2, 0.25) is 0 Å². The van der Waals surface area contributed by atoms with Gasteiger partial charge in [0.05, 0.1) is 4.92 Å². The predicted octanol–water partition coefficient (Wildman–Crippen LogP) is 3.95. The number of nitro benzene ring substituents is 1. The highest BCUT2D eigenvalue weighted by Gasteiger charge is 2.29. The Morgan fingerprint density at radius 2 is 2.00 bits per heavy atom. The molecule has 2 aromatic rings. The van der Waals surface area contributed by atoms with Gasteiger partial charge in [0.1, 0.15) is 0 Å². The summed E-state index contributed by atoms with van der Waals surface area (Å²) >= 11 is 0. The van der Waals surface area contributed by atoms with Crippen LogP contribution in [0.2, 0.25) is 0 Å². The van der Waals surface area contributed by atoms with Gasteiger partial charge in [-0.15, -0.1) is 0 Å². The quantitative estimate of drug-likeness (QED) is 0.618. The van der Waals surface area contributed by atoms with Gasteiger partial charge in [-0.05, 0) is 30.0 Å². The lowest BCUT2D eigenvalue weighted by Gasteiger charge is -2.08. The van der Waals surface area contributed by atoms with Gasteiger partial charge in [-0.1, -0.05) is 37.3 Å². The summed E-state index contributed by atoms with van der Waals surface area (Å²) in [5.74, 6) is 0.116. The van der Waals surface area contributed by atoms with Gasteiger partial charge in [0.15, 0.2) is 5.78 Å². The van der Waals surface area contributed by atoms with E-state index in [0.717, 1.165) is 28.7 Å². The topological polar surface area (TPSA) is 60.2 Å². The van der Waals surface area contributed by atoms with E-state index in [1.165, 1.54) is 0 Å². The standard InChI is InChI=1S/C17H15NO3/c1-10-6-7-12(9-15(10)18(20)21)14-5-3-4-13-8-11(2)17(19)16(13)14/h3-7,9,11H,8H2,1-2H3. The monoisotopic (exact) mass is 281 g/mol. The molecule has 0 heterocycles. The largest absolute Gasteiger partial charge is 0.294 e. The molecule has 0 saturated heterocycles. The van der Waals surface area contributed by atoms with Crippen molar-refractivity contribution in [2.45, 2.75) is 20.3 Å². The van der Waals surface area contributed by atoms with E-state index >= 15 is 0 Å². The van der Waals surface area contributed by atoms with Gasteiger partial charge in [-0.25, -0.2) is 0 Å². The third kappa shape index (κ3) is 2.13. The first-order valence-corrected chi connectivity index (χ1v) is 6.90. The van der Waals surface area contributed by atoms with Crippen LogP contribution in [0.4, 0.5) is 5.69 Å². The molecule has 1 unspecified atom stereocenters. The summed E-state index contributed by atoms with van der Waals surface area (Å²) in [5, 5.41) is 11.1. The molecule has 0 aliphatic heterocycles. The number of rotatable bonds is 2. The Hall–Kier alpha value is -2.49. The van der Waals surface area contributed by atoms with E-state index in [2.05, 4.69) is 0 Å². The molecule has 2 aromatic carbocycles. The molecule has 106 valence electrons. The number of aryl methyl sites for hydroxylation is 1. The maximum Gasteiger partial charge on any atom is 0.272 e. The number of carbonyl (C=O) groups excluding carboxylic acids is 1. The van der Waals surface area contributed by atoms with Crippen LogP contribution >= 0.6 is 0 Å². The van der Waals surface area contributed by atoms with Crippen LogP contribution in [0.5, 0.6) is 0 Å². The second-order valence-corrected chi connectivity index (χ2v) is 5.57. The smallest absolute Gasteiger partial charge is 0.272 e. The van der Waals surface area contributed by atoms with E-state index in [-0.39, 0.29) is 22.3 Å². The SMILES string of the molecule is Cc1ccc(-c2cccc3c2C(=O)C(C)C3)cc1[N+](=O)[O-]. The Labute approximate surface area is 122 Å². The van der Waals surface area contributed by atoms with E-state index in [1.807, 2.05) is 31.2 Å². The van der Waals surface area contributed by atoms with E-state index in [1.54, 1.807) is 19.1 Å². The number of hydrogen-bond donors (Lipinski definition) is 0. The van der Waals surface area contributed by atoms with Crippen LogP contribution in [0.1, 0.15) is 28.4 Å². The molecule has 0 saturated carbocycles. The molecule has 0 fully saturated rings. The molecule has 0 spiro atoms. The van der Waals surface area contributed by atoms with Crippen LogP contribution in [0.3, 0.4) is 0 Å². The number of ketones is 1. The lowest BCUT2D eigenvalue weighted by atomic mass is 9.95. The molecule has 4 nitrogen and oxygen atoms in total. The van der Waals surface area contributed by atoms with Gasteiger partial charge in [0, 0.05) is 23.1 Å². The first-order chi connectivity index (χ1) is 9.99. The highest BCUT2D eigenvalue weighted by molar-refractivity contribution is 6.07. The first-order valence-electron chi connectivity index (χ1n) is 6.90. The van der Waals surface area contributed by atoms with Gasteiger partial charge in [0.25, 0.3) is 5.69 Å². The molecule has 0 bridgehead atoms. The van der Waals surface area contributed by atoms with Gasteiger partial charge in [-0.3, -0.25) is 14.9 Å². The molecule has 0 radical (unpaired) electrons. The average Bonchev–Trinajstić information content (AvgIpc) is 2.74. The number of nitrogens with zero attached hydrogens (tertiary/aromatic N) is 1. The molecule has 3 rings (SSSR count). The number of benzene rings is 2. The molecular weight excluding hydrogens is 266 g/mol. The maximum atomic E-state index is 12.3. The zero-order valence-electron chi connectivity index (χ0n) is 11.9. The Morgan fingerprint density at radius 1 is 1.24 bits per heavy atom. The molecule has 1 aliphatic rings. The van der Waals surface area contributed by atoms with Crippen LogP contribution in [0, 0.1) is 23.0 Å². The van der Waals surface area contributed by atoms with Crippen molar-refractivity contribution in [3.05, 3.63) is 63.2 Å². The minimum absolute atomic E-state index is 0.0124. The summed E-state index contributed by atoms with van der Waals surface area (Å²) in [7, 11) is 0. The Kier molecular flexibility index (Phi) is 3.09. The molecule has 0 N–H and O–H groups in total. The van der Waals surface area contributed by atoms with Gasteiger partial charge >= 0.3 is 0 Å². The fraction of sp³-hybridized carbons (Fsp3) is 0.235. The van der Waals surface area contributed by atoms with Crippen molar-refractivity contribution in [2.75, 3.05) is 0 Å². The summed E-state index contributed by atoms with van der Waals surface area (Å²) in [6.45, 7) is 3.63. The second-order valence-electron chi connectivity index (χ2n) is 5.57. The Balaban J connectivity index is 2.20. The molecule has 21 heavy (non-hydrogen) atoms. The van der Waals surface area contributed by atoms with E-state index in [4.69, 9.17) is 0 Å². The first kappa shape index (κ1) is 13.5. The fourth-order valence-corrected chi connectivity index (χ4v) is 2.94. The van der Waals surface area contributed by atoms with Crippen molar-refractivity contribution in [2.24, 2.45) is 5.92 Å². The summed E-state index contributed by atoms with van der Waals surface area (Å²) < 4.78 is 0. The average molecular weight is 281 g/mol. The van der Waals surface area contributed by atoms with Crippen molar-refractivity contribution < 1.29 is 9.72 Å². The number of carbonyl (C=O) groups is 1. The lowest BCUT2D eigenvalue weighted by Crippen LogP contribution is -2.04. The molecular formula is C17H15NO3. The van der Waals surface area contributed by atoms with Crippen molar-refractivity contribution in [3.63, 3.8) is 0 Å². The number of Topliss-reactive ketones (excluding diaryl/α,β-unsaturated/α-hetero) is 1. The highest BCUT2D eigenvalue weighted by atomic mass is 16.6. The highest BCUT2D eigenvalue weighted by Crippen LogP contribution is 2.36. The summed E-state index contributed by atoms with van der Waals surface area (Å²) in [4.78, 5) is 23.1. The van der Waals surface area contributed by atoms with E-state index in [0.29, 0.717) is 5.56 Å². The minimum Gasteiger partial charge on any atom is -0.294 e. The summed E-state index contributed by atoms with van der Waals surface area (Å²) in [6.07, 6.45) is 0.746. The van der Waals surface area contributed by atoms with Gasteiger partial charge < -0.3 is 0 Å². The van der Waals surface area contributed by atoms with Crippen molar-refractivity contribution in [1.29, 1.82) is 0 Å². The Morgan fingerprint density at radius 3 is 2.71 bits per heavy atom. The summed E-state index contributed by atoms with van der Waals surface area (Å²) in [6, 6.07) is 10.9. The summed E-state index contributed by atoms with van der Waals surface area (Å²) in [5.41, 5.74) is 3.99. The molecule has 0 amide bonds. The molecule has 0 aromatic heterocycles. The second kappa shape index (κ2) is 4.81. The normalized spacial score (nSPS) is 16.9. The van der Waals surface area contributed by atoms with E-state index in [9.17, 15) is 14.9 Å². The molecule has 4 heteroatoms. The predicted molar refractivity (Wildman–Crippen MR) is 80.5 cm³/mol.